The Balaban J connectivity index is 1.19. The van der Waals surface area contributed by atoms with Gasteiger partial charge in [-0.25, -0.2) is 4.98 Å². The molecule has 0 unspecified atom stereocenters. The molecule has 0 aliphatic rings. The van der Waals surface area contributed by atoms with E-state index < -0.39 is 0 Å². The van der Waals surface area contributed by atoms with Gasteiger partial charge in [0.15, 0.2) is 0 Å². The zero-order chi connectivity index (χ0) is 23.5. The number of nitrogens with one attached hydrogen (secondary N) is 2. The van der Waals surface area contributed by atoms with E-state index in [1.165, 1.54) is 32.4 Å². The van der Waals surface area contributed by atoms with Crippen molar-refractivity contribution >= 4 is 38.4 Å². The average molecular weight is 471 g/mol. The molecule has 6 nitrogen and oxygen atoms in total. The lowest BCUT2D eigenvalue weighted by Crippen LogP contribution is -2.28. The largest absolute Gasteiger partial charge is 0.361 e. The van der Waals surface area contributed by atoms with Crippen LogP contribution in [-0.2, 0) is 17.8 Å². The summed E-state index contributed by atoms with van der Waals surface area (Å²) < 4.78 is 1.54. The zero-order valence-corrected chi connectivity index (χ0v) is 19.8. The number of H-pyrrole nitrogens is 1. The van der Waals surface area contributed by atoms with Crippen LogP contribution >= 0.6 is 11.3 Å². The summed E-state index contributed by atoms with van der Waals surface area (Å²) >= 11 is 1.47. The van der Waals surface area contributed by atoms with Gasteiger partial charge in [-0.15, -0.1) is 11.3 Å². The number of amides is 1. The van der Waals surface area contributed by atoms with Gasteiger partial charge in [0.2, 0.25) is 5.91 Å². The Morgan fingerprint density at radius 1 is 1.15 bits per heavy atom. The molecule has 1 amide bonds. The van der Waals surface area contributed by atoms with Gasteiger partial charge in [0.1, 0.15) is 4.83 Å². The van der Waals surface area contributed by atoms with Crippen LogP contribution in [0.3, 0.4) is 0 Å². The number of hydrogen-bond acceptors (Lipinski definition) is 4. The van der Waals surface area contributed by atoms with Crippen LogP contribution in [0.5, 0.6) is 0 Å². The first-order valence-electron chi connectivity index (χ1n) is 11.5. The lowest BCUT2D eigenvalue weighted by Gasteiger charge is -2.08. The highest BCUT2D eigenvalue weighted by molar-refractivity contribution is 7.17. The molecule has 0 fully saturated rings. The van der Waals surface area contributed by atoms with E-state index in [-0.39, 0.29) is 17.9 Å². The molecule has 172 valence electrons. The number of thiophene rings is 1. The van der Waals surface area contributed by atoms with Gasteiger partial charge in [0.05, 0.1) is 11.7 Å². The number of rotatable bonds is 8. The molecule has 0 aliphatic carbocycles. The third-order valence-electron chi connectivity index (χ3n) is 6.12. The number of benzene rings is 2. The summed E-state index contributed by atoms with van der Waals surface area (Å²) in [5.41, 5.74) is 5.36. The minimum Gasteiger partial charge on any atom is -0.361 e. The minimum atomic E-state index is -0.103. The Morgan fingerprint density at radius 2 is 1.97 bits per heavy atom. The predicted octanol–water partition coefficient (Wildman–Crippen LogP) is 5.05. The van der Waals surface area contributed by atoms with Crippen molar-refractivity contribution in [1.82, 2.24) is 19.9 Å². The van der Waals surface area contributed by atoms with E-state index in [2.05, 4.69) is 27.4 Å². The summed E-state index contributed by atoms with van der Waals surface area (Å²) in [6.45, 7) is 2.95. The van der Waals surface area contributed by atoms with Crippen molar-refractivity contribution in [3.8, 4) is 11.1 Å². The van der Waals surface area contributed by atoms with E-state index in [1.807, 2.05) is 54.9 Å². The molecular weight excluding hydrogens is 444 g/mol. The van der Waals surface area contributed by atoms with Gasteiger partial charge in [-0.3, -0.25) is 14.2 Å². The average Bonchev–Trinajstić information content (AvgIpc) is 3.47. The van der Waals surface area contributed by atoms with Gasteiger partial charge in [0, 0.05) is 47.6 Å². The van der Waals surface area contributed by atoms with Gasteiger partial charge < -0.3 is 10.3 Å². The van der Waals surface area contributed by atoms with E-state index in [4.69, 9.17) is 0 Å². The van der Waals surface area contributed by atoms with E-state index in [0.717, 1.165) is 34.3 Å². The molecule has 0 aliphatic heterocycles. The molecule has 5 aromatic rings. The number of para-hydroxylation sites is 1. The van der Waals surface area contributed by atoms with E-state index in [0.29, 0.717) is 18.5 Å². The topological polar surface area (TPSA) is 79.8 Å². The number of aryl methyl sites for hydroxylation is 3. The lowest BCUT2D eigenvalue weighted by molar-refractivity contribution is -0.121. The second-order valence-corrected chi connectivity index (χ2v) is 9.36. The Labute approximate surface area is 201 Å². The fourth-order valence-corrected chi connectivity index (χ4v) is 5.13. The van der Waals surface area contributed by atoms with E-state index >= 15 is 0 Å². The van der Waals surface area contributed by atoms with E-state index in [1.54, 1.807) is 6.33 Å². The molecule has 3 aromatic heterocycles. The van der Waals surface area contributed by atoms with Crippen molar-refractivity contribution < 1.29 is 4.79 Å². The number of carbonyl (C=O) groups is 1. The SMILES string of the molecule is Cc1ccc(-c2csc3ncn(CCC(=O)NCCCc4c[nH]c5ccccc45)c(=O)c23)cc1. The van der Waals surface area contributed by atoms with Crippen molar-refractivity contribution in [2.75, 3.05) is 6.54 Å². The number of nitrogens with zero attached hydrogens (tertiary/aromatic N) is 2. The van der Waals surface area contributed by atoms with Crippen LogP contribution in [-0.4, -0.2) is 27.0 Å². The Morgan fingerprint density at radius 3 is 2.82 bits per heavy atom. The standard InChI is InChI=1S/C27H26N4O2S/c1-18-8-10-19(11-9-18)22-16-34-26-25(22)27(33)31(17-30-26)14-12-24(32)28-13-4-5-20-15-29-23-7-3-2-6-21(20)23/h2-3,6-11,15-17,29H,4-5,12-14H2,1H3,(H,28,32). The molecule has 0 saturated carbocycles. The smallest absolute Gasteiger partial charge is 0.262 e. The van der Waals surface area contributed by atoms with Gasteiger partial charge in [-0.2, -0.15) is 0 Å². The fourth-order valence-electron chi connectivity index (χ4n) is 4.23. The van der Waals surface area contributed by atoms with Crippen LogP contribution in [0.4, 0.5) is 0 Å². The Bertz CT molecular complexity index is 1510. The third kappa shape index (κ3) is 4.52. The molecule has 34 heavy (non-hydrogen) atoms. The molecule has 0 radical (unpaired) electrons. The maximum Gasteiger partial charge on any atom is 0.262 e. The summed E-state index contributed by atoms with van der Waals surface area (Å²) in [5, 5.41) is 6.81. The van der Waals surface area contributed by atoms with Crippen molar-refractivity contribution in [1.29, 1.82) is 0 Å². The highest BCUT2D eigenvalue weighted by Gasteiger charge is 2.14. The van der Waals surface area contributed by atoms with Crippen molar-refractivity contribution in [2.24, 2.45) is 0 Å². The molecule has 0 saturated heterocycles. The van der Waals surface area contributed by atoms with Crippen molar-refractivity contribution in [3.05, 3.63) is 87.9 Å². The highest BCUT2D eigenvalue weighted by atomic mass is 32.1. The van der Waals surface area contributed by atoms with Gasteiger partial charge >= 0.3 is 0 Å². The second-order valence-electron chi connectivity index (χ2n) is 8.50. The van der Waals surface area contributed by atoms with Crippen LogP contribution < -0.4 is 10.9 Å². The summed E-state index contributed by atoms with van der Waals surface area (Å²) in [6, 6.07) is 16.4. The number of carbonyl (C=O) groups excluding carboxylic acids is 1. The highest BCUT2D eigenvalue weighted by Crippen LogP contribution is 2.30. The van der Waals surface area contributed by atoms with Crippen LogP contribution in [0, 0.1) is 6.92 Å². The molecule has 7 heteroatoms. The summed E-state index contributed by atoms with van der Waals surface area (Å²) in [5.74, 6) is -0.0602. The number of aromatic amines is 1. The second kappa shape index (κ2) is 9.65. The normalized spacial score (nSPS) is 11.3. The first-order chi connectivity index (χ1) is 16.6. The van der Waals surface area contributed by atoms with E-state index in [9.17, 15) is 9.59 Å². The Hall–Kier alpha value is -3.71. The quantitative estimate of drug-likeness (QED) is 0.311. The summed E-state index contributed by atoms with van der Waals surface area (Å²) in [6.07, 6.45) is 5.58. The first-order valence-corrected chi connectivity index (χ1v) is 12.3. The maximum absolute atomic E-state index is 13.2. The van der Waals surface area contributed by atoms with Gasteiger partial charge in [0.25, 0.3) is 5.56 Å². The predicted molar refractivity (Wildman–Crippen MR) is 138 cm³/mol. The van der Waals surface area contributed by atoms with Crippen molar-refractivity contribution in [2.45, 2.75) is 32.7 Å². The fraction of sp³-hybridized carbons (Fsp3) is 0.222. The molecule has 2 N–H and O–H groups in total. The Kier molecular flexibility index (Phi) is 6.27. The molecule has 0 bridgehead atoms. The number of hydrogen-bond donors (Lipinski definition) is 2. The molecular formula is C27H26N4O2S. The van der Waals surface area contributed by atoms with Crippen LogP contribution in [0.1, 0.15) is 24.0 Å². The molecule has 0 spiro atoms. The van der Waals surface area contributed by atoms with Crippen LogP contribution in [0.15, 0.2) is 71.2 Å². The lowest BCUT2D eigenvalue weighted by atomic mass is 10.1. The number of aromatic nitrogens is 3. The maximum atomic E-state index is 13.2. The first kappa shape index (κ1) is 22.1. The van der Waals surface area contributed by atoms with Crippen LogP contribution in [0.25, 0.3) is 32.2 Å². The third-order valence-corrected chi connectivity index (χ3v) is 7.01. The van der Waals surface area contributed by atoms with Gasteiger partial charge in [-0.1, -0.05) is 48.0 Å². The summed E-state index contributed by atoms with van der Waals surface area (Å²) in [4.78, 5) is 34.0. The molecule has 0 atom stereocenters. The van der Waals surface area contributed by atoms with Crippen molar-refractivity contribution in [3.63, 3.8) is 0 Å². The molecule has 3 heterocycles. The molecule has 5 rings (SSSR count). The zero-order valence-electron chi connectivity index (χ0n) is 19.0. The molecule has 2 aromatic carbocycles. The number of fused-ring (bicyclic) bond motifs is 2. The summed E-state index contributed by atoms with van der Waals surface area (Å²) in [7, 11) is 0. The van der Waals surface area contributed by atoms with Crippen LogP contribution in [0.2, 0.25) is 0 Å². The monoisotopic (exact) mass is 470 g/mol. The minimum absolute atomic E-state index is 0.0602. The van der Waals surface area contributed by atoms with Gasteiger partial charge in [-0.05, 0) is 37.0 Å².